The lowest BCUT2D eigenvalue weighted by molar-refractivity contribution is -0.116. The number of nitrogens with zero attached hydrogens (tertiary/aromatic N) is 1. The molecule has 1 N–H and O–H groups in total. The van der Waals surface area contributed by atoms with Crippen molar-refractivity contribution in [3.63, 3.8) is 0 Å². The third kappa shape index (κ3) is 4.40. The van der Waals surface area contributed by atoms with Crippen molar-refractivity contribution in [1.29, 1.82) is 0 Å². The first-order valence-electron chi connectivity index (χ1n) is 8.95. The van der Waals surface area contributed by atoms with Crippen molar-refractivity contribution in [2.24, 2.45) is 0 Å². The minimum Gasteiger partial charge on any atom is -0.496 e. The zero-order valence-electron chi connectivity index (χ0n) is 15.0. The van der Waals surface area contributed by atoms with E-state index in [1.54, 1.807) is 7.11 Å². The van der Waals surface area contributed by atoms with Crippen LogP contribution in [0.1, 0.15) is 30.0 Å². The minimum absolute atomic E-state index is 0.0361. The van der Waals surface area contributed by atoms with Gasteiger partial charge >= 0.3 is 0 Å². The summed E-state index contributed by atoms with van der Waals surface area (Å²) in [6.45, 7) is 5.34. The molecule has 0 spiro atoms. The third-order valence-electron chi connectivity index (χ3n) is 4.84. The summed E-state index contributed by atoms with van der Waals surface area (Å²) in [5.74, 6) is 0.873. The van der Waals surface area contributed by atoms with Gasteiger partial charge in [-0.25, -0.2) is 0 Å². The van der Waals surface area contributed by atoms with Gasteiger partial charge in [0, 0.05) is 25.2 Å². The zero-order valence-corrected chi connectivity index (χ0v) is 15.0. The van der Waals surface area contributed by atoms with E-state index in [1.165, 1.54) is 11.1 Å². The van der Waals surface area contributed by atoms with Crippen molar-refractivity contribution < 1.29 is 9.53 Å². The van der Waals surface area contributed by atoms with Gasteiger partial charge in [0.25, 0.3) is 0 Å². The van der Waals surface area contributed by atoms with Crippen LogP contribution < -0.4 is 10.1 Å². The Kier molecular flexibility index (Phi) is 5.71. The summed E-state index contributed by atoms with van der Waals surface area (Å²) in [6.07, 6.45) is 2.20. The van der Waals surface area contributed by atoms with Crippen molar-refractivity contribution in [2.75, 3.05) is 25.5 Å². The maximum Gasteiger partial charge on any atom is 0.224 e. The molecule has 1 amide bonds. The molecule has 0 aromatic heterocycles. The molecular formula is C21H26N2O2. The number of methoxy groups -OCH3 is 1. The van der Waals surface area contributed by atoms with Gasteiger partial charge in [0.15, 0.2) is 0 Å². The first kappa shape index (κ1) is 17.5. The first-order chi connectivity index (χ1) is 12.2. The molecule has 132 valence electrons. The summed E-state index contributed by atoms with van der Waals surface area (Å²) in [6, 6.07) is 14.1. The maximum atomic E-state index is 12.3. The number of hydrogen-bond donors (Lipinski definition) is 1. The Morgan fingerprint density at radius 2 is 2.04 bits per heavy atom. The van der Waals surface area contributed by atoms with Crippen LogP contribution in [0.2, 0.25) is 0 Å². The average molecular weight is 338 g/mol. The minimum atomic E-state index is 0.0361. The molecule has 0 fully saturated rings. The van der Waals surface area contributed by atoms with E-state index in [2.05, 4.69) is 29.3 Å². The number of rotatable bonds is 6. The van der Waals surface area contributed by atoms with Gasteiger partial charge in [-0.2, -0.15) is 0 Å². The van der Waals surface area contributed by atoms with E-state index in [9.17, 15) is 4.79 Å². The lowest BCUT2D eigenvalue weighted by Crippen LogP contribution is -2.30. The Bertz CT molecular complexity index is 742. The second kappa shape index (κ2) is 8.17. The summed E-state index contributed by atoms with van der Waals surface area (Å²) in [5, 5.41) is 3.03. The molecule has 2 aromatic rings. The SMILES string of the molecule is CCN1CCc2ccc(NC(=O)CCc3ccccc3OC)cc2C1. The van der Waals surface area contributed by atoms with Gasteiger partial charge < -0.3 is 10.1 Å². The van der Waals surface area contributed by atoms with Gasteiger partial charge in [-0.05, 0) is 54.3 Å². The van der Waals surface area contributed by atoms with Crippen molar-refractivity contribution in [3.8, 4) is 5.75 Å². The lowest BCUT2D eigenvalue weighted by atomic mass is 9.99. The van der Waals surface area contributed by atoms with Crippen LogP contribution in [0, 0.1) is 0 Å². The van der Waals surface area contributed by atoms with Crippen LogP contribution in [0.25, 0.3) is 0 Å². The van der Waals surface area contributed by atoms with E-state index in [4.69, 9.17) is 4.74 Å². The molecule has 0 unspecified atom stereocenters. The number of carbonyl (C=O) groups excluding carboxylic acids is 1. The van der Waals surface area contributed by atoms with Gasteiger partial charge in [0.1, 0.15) is 5.75 Å². The van der Waals surface area contributed by atoms with Crippen LogP contribution in [0.15, 0.2) is 42.5 Å². The molecule has 0 saturated carbocycles. The number of likely N-dealkylation sites (N-methyl/N-ethyl adjacent to an activating group) is 1. The van der Waals surface area contributed by atoms with Crippen LogP contribution in [-0.2, 0) is 24.2 Å². The number of ether oxygens (including phenoxy) is 1. The first-order valence-corrected chi connectivity index (χ1v) is 8.95. The molecule has 1 aliphatic heterocycles. The average Bonchev–Trinajstić information content (AvgIpc) is 2.66. The van der Waals surface area contributed by atoms with Crippen LogP contribution in [0.4, 0.5) is 5.69 Å². The highest BCUT2D eigenvalue weighted by Gasteiger charge is 2.15. The van der Waals surface area contributed by atoms with Crippen molar-refractivity contribution in [2.45, 2.75) is 32.7 Å². The predicted molar refractivity (Wildman–Crippen MR) is 101 cm³/mol. The molecule has 1 heterocycles. The zero-order chi connectivity index (χ0) is 17.6. The molecule has 0 atom stereocenters. The van der Waals surface area contributed by atoms with E-state index in [0.29, 0.717) is 12.8 Å². The van der Waals surface area contributed by atoms with Crippen LogP contribution in [0.5, 0.6) is 5.75 Å². The molecule has 0 radical (unpaired) electrons. The van der Waals surface area contributed by atoms with E-state index in [0.717, 1.165) is 43.1 Å². The summed E-state index contributed by atoms with van der Waals surface area (Å²) >= 11 is 0. The smallest absolute Gasteiger partial charge is 0.224 e. The number of aryl methyl sites for hydroxylation is 1. The normalized spacial score (nSPS) is 14.0. The second-order valence-corrected chi connectivity index (χ2v) is 6.46. The van der Waals surface area contributed by atoms with E-state index < -0.39 is 0 Å². The highest BCUT2D eigenvalue weighted by molar-refractivity contribution is 5.91. The van der Waals surface area contributed by atoms with Gasteiger partial charge in [-0.1, -0.05) is 31.2 Å². The number of carbonyl (C=O) groups is 1. The number of fused-ring (bicyclic) bond motifs is 1. The number of nitrogens with one attached hydrogen (secondary N) is 1. The van der Waals surface area contributed by atoms with Crippen molar-refractivity contribution in [1.82, 2.24) is 4.90 Å². The quantitative estimate of drug-likeness (QED) is 0.874. The molecule has 0 aliphatic carbocycles. The standard InChI is InChI=1S/C21H26N2O2/c1-3-23-13-12-16-8-10-19(14-18(16)15-23)22-21(24)11-9-17-6-4-5-7-20(17)25-2/h4-8,10,14H,3,9,11-13,15H2,1-2H3,(H,22,24). The maximum absolute atomic E-state index is 12.3. The second-order valence-electron chi connectivity index (χ2n) is 6.46. The summed E-state index contributed by atoms with van der Waals surface area (Å²) in [5.41, 5.74) is 4.68. The number of amides is 1. The Balaban J connectivity index is 1.60. The van der Waals surface area contributed by atoms with E-state index in [1.807, 2.05) is 30.3 Å². The van der Waals surface area contributed by atoms with Crippen molar-refractivity contribution >= 4 is 11.6 Å². The molecule has 4 nitrogen and oxygen atoms in total. The van der Waals surface area contributed by atoms with Gasteiger partial charge in [-0.15, -0.1) is 0 Å². The molecule has 3 rings (SSSR count). The Hall–Kier alpha value is -2.33. The third-order valence-corrected chi connectivity index (χ3v) is 4.84. The number of hydrogen-bond acceptors (Lipinski definition) is 3. The fourth-order valence-corrected chi connectivity index (χ4v) is 3.34. The molecule has 4 heteroatoms. The highest BCUT2D eigenvalue weighted by Crippen LogP contribution is 2.23. The topological polar surface area (TPSA) is 41.6 Å². The van der Waals surface area contributed by atoms with E-state index >= 15 is 0 Å². The van der Waals surface area contributed by atoms with Gasteiger partial charge in [0.2, 0.25) is 5.91 Å². The fraction of sp³-hybridized carbons (Fsp3) is 0.381. The van der Waals surface area contributed by atoms with Gasteiger partial charge in [0.05, 0.1) is 7.11 Å². The predicted octanol–water partition coefficient (Wildman–Crippen LogP) is 3.64. The van der Waals surface area contributed by atoms with Crippen LogP contribution in [-0.4, -0.2) is 31.0 Å². The van der Waals surface area contributed by atoms with Gasteiger partial charge in [-0.3, -0.25) is 9.69 Å². The molecule has 0 saturated heterocycles. The molecule has 0 bridgehead atoms. The van der Waals surface area contributed by atoms with Crippen LogP contribution in [0.3, 0.4) is 0 Å². The Labute approximate surface area is 149 Å². The summed E-state index contributed by atoms with van der Waals surface area (Å²) in [4.78, 5) is 14.7. The molecular weight excluding hydrogens is 312 g/mol. The molecule has 2 aromatic carbocycles. The lowest BCUT2D eigenvalue weighted by Gasteiger charge is -2.27. The number of benzene rings is 2. The molecule has 25 heavy (non-hydrogen) atoms. The van der Waals surface area contributed by atoms with Crippen molar-refractivity contribution in [3.05, 3.63) is 59.2 Å². The number of para-hydroxylation sites is 1. The number of anilines is 1. The molecule has 1 aliphatic rings. The summed E-state index contributed by atoms with van der Waals surface area (Å²) in [7, 11) is 1.66. The Morgan fingerprint density at radius 3 is 2.84 bits per heavy atom. The fourth-order valence-electron chi connectivity index (χ4n) is 3.34. The monoisotopic (exact) mass is 338 g/mol. The summed E-state index contributed by atoms with van der Waals surface area (Å²) < 4.78 is 5.34. The Morgan fingerprint density at radius 1 is 1.20 bits per heavy atom. The largest absolute Gasteiger partial charge is 0.496 e. The van der Waals surface area contributed by atoms with Crippen LogP contribution >= 0.6 is 0 Å². The van der Waals surface area contributed by atoms with E-state index in [-0.39, 0.29) is 5.91 Å². The highest BCUT2D eigenvalue weighted by atomic mass is 16.5.